The molecule has 426 valence electrons. The van der Waals surface area contributed by atoms with Crippen molar-refractivity contribution in [1.29, 1.82) is 0 Å². The Morgan fingerprint density at radius 1 is 0.493 bits per heavy atom. The summed E-state index contributed by atoms with van der Waals surface area (Å²) in [6.07, 6.45) is 38.5. The van der Waals surface area contributed by atoms with Crippen LogP contribution in [0.2, 0.25) is 0 Å². The molecule has 1 amide bonds. The monoisotopic (exact) mass is 1040 g/mol. The number of unbranched alkanes of at least 4 members (excludes halogenated alkanes) is 27. The fourth-order valence-corrected chi connectivity index (χ4v) is 9.47. The third-order valence-corrected chi connectivity index (χ3v) is 14.3. The van der Waals surface area contributed by atoms with Crippen LogP contribution < -0.4 is 5.32 Å². The normalized spacial score (nSPS) is 25.7. The van der Waals surface area contributed by atoms with Crippen LogP contribution >= 0.6 is 0 Å². The number of aliphatic hydroxyl groups excluding tert-OH is 8. The van der Waals surface area contributed by atoms with E-state index < -0.39 is 86.8 Å². The Balaban J connectivity index is 1.80. The molecule has 0 spiro atoms. The van der Waals surface area contributed by atoms with E-state index in [1.165, 1.54) is 128 Å². The predicted molar refractivity (Wildman–Crippen MR) is 291 cm³/mol. The van der Waals surface area contributed by atoms with Crippen molar-refractivity contribution in [3.63, 3.8) is 0 Å². The lowest BCUT2D eigenvalue weighted by Gasteiger charge is -2.46. The molecule has 73 heavy (non-hydrogen) atoms. The summed E-state index contributed by atoms with van der Waals surface area (Å²) in [6, 6.07) is -0.923. The fourth-order valence-electron chi connectivity index (χ4n) is 9.47. The molecule has 9 N–H and O–H groups in total. The Labute approximate surface area is 442 Å². The van der Waals surface area contributed by atoms with E-state index in [1.807, 2.05) is 6.08 Å². The van der Waals surface area contributed by atoms with Crippen LogP contribution in [-0.4, -0.2) is 140 Å². The fraction of sp³-hybridized carbons (Fsp3) is 0.847. The minimum absolute atomic E-state index is 0.252. The molecule has 2 rings (SSSR count). The summed E-state index contributed by atoms with van der Waals surface area (Å²) in [5.41, 5.74) is 0. The predicted octanol–water partition coefficient (Wildman–Crippen LogP) is 9.61. The third-order valence-electron chi connectivity index (χ3n) is 14.3. The number of rotatable bonds is 46. The van der Waals surface area contributed by atoms with Gasteiger partial charge in [-0.2, -0.15) is 0 Å². The first-order valence-corrected chi connectivity index (χ1v) is 29.4. The molecular weight excluding hydrogens is 931 g/mol. The van der Waals surface area contributed by atoms with Gasteiger partial charge in [-0.1, -0.05) is 210 Å². The first-order chi connectivity index (χ1) is 35.6. The molecule has 0 bridgehead atoms. The van der Waals surface area contributed by atoms with Gasteiger partial charge in [0.1, 0.15) is 48.8 Å². The number of amides is 1. The summed E-state index contributed by atoms with van der Waals surface area (Å²) >= 11 is 0. The zero-order chi connectivity index (χ0) is 53.2. The number of nitrogens with one attached hydrogen (secondary N) is 1. The Morgan fingerprint density at radius 3 is 1.41 bits per heavy atom. The Kier molecular flexibility index (Phi) is 41.4. The summed E-state index contributed by atoms with van der Waals surface area (Å²) in [7, 11) is 0. The van der Waals surface area contributed by atoms with Crippen molar-refractivity contribution in [3.8, 4) is 0 Å². The van der Waals surface area contributed by atoms with Crippen LogP contribution in [0.4, 0.5) is 0 Å². The number of hydrogen-bond acceptors (Lipinski definition) is 13. The Hall–Kier alpha value is -2.05. The summed E-state index contributed by atoms with van der Waals surface area (Å²) in [5.74, 6) is -0.252. The van der Waals surface area contributed by atoms with Crippen LogP contribution in [0.5, 0.6) is 0 Å². The molecule has 12 atom stereocenters. The Morgan fingerprint density at radius 2 is 0.904 bits per heavy atom. The van der Waals surface area contributed by atoms with Crippen molar-refractivity contribution in [1.82, 2.24) is 5.32 Å². The SMILES string of the molecule is CCCCC/C=C\C/C=C\C/C=C\CCCCCCCCC(=O)NC(COC1OC(CO)C(OC2OC(CO)C(O)C(O)C2O)C(O)C1O)C(O)/C=C/CCCCCCCCCCCCCCCCCCCC. The lowest BCUT2D eigenvalue weighted by atomic mass is 9.97. The molecular formula is C59H107NO13. The average molecular weight is 1040 g/mol. The van der Waals surface area contributed by atoms with Crippen LogP contribution in [0.1, 0.15) is 226 Å². The largest absolute Gasteiger partial charge is 0.394 e. The van der Waals surface area contributed by atoms with Gasteiger partial charge < -0.3 is 65.1 Å². The quantitative estimate of drug-likeness (QED) is 0.0205. The number of carbonyl (C=O) groups excluding carboxylic acids is 1. The standard InChI is InChI=1S/C59H107NO13/c1-3-5-7-9-11-13-15-17-19-21-23-25-26-28-30-32-34-36-38-40-42-48(63)47(60-51(64)43-41-39-37-35-33-31-29-27-24-22-20-18-16-14-12-10-8-6-4-2)46-70-58-56(69)54(67)57(50(45-62)72-58)73-59-55(68)53(66)52(65)49(44-61)71-59/h12,14,18,20,24,27,40,42,47-50,52-59,61-63,65-69H,3-11,13,15-17,19,21-23,25-26,28-39,41,43-46H2,1-2H3,(H,60,64)/b14-12-,20-18-,27-24-,42-40+. The van der Waals surface area contributed by atoms with E-state index >= 15 is 0 Å². The lowest BCUT2D eigenvalue weighted by Crippen LogP contribution is -2.65. The topological polar surface area (TPSA) is 228 Å². The zero-order valence-electron chi connectivity index (χ0n) is 45.6. The molecule has 0 aromatic heterocycles. The molecule has 2 fully saturated rings. The first kappa shape index (κ1) is 67.1. The lowest BCUT2D eigenvalue weighted by molar-refractivity contribution is -0.359. The van der Waals surface area contributed by atoms with Crippen LogP contribution in [-0.2, 0) is 23.7 Å². The second kappa shape index (κ2) is 45.0. The summed E-state index contributed by atoms with van der Waals surface area (Å²) in [6.45, 7) is 2.77. The highest BCUT2D eigenvalue weighted by Crippen LogP contribution is 2.30. The number of hydrogen-bond donors (Lipinski definition) is 9. The van der Waals surface area contributed by atoms with E-state index in [0.717, 1.165) is 70.6 Å². The van der Waals surface area contributed by atoms with Crippen LogP contribution in [0, 0.1) is 0 Å². The number of ether oxygens (including phenoxy) is 4. The summed E-state index contributed by atoms with van der Waals surface area (Å²) < 4.78 is 22.8. The molecule has 0 aromatic rings. The van der Waals surface area contributed by atoms with E-state index in [9.17, 15) is 45.6 Å². The van der Waals surface area contributed by atoms with Gasteiger partial charge in [0.05, 0.1) is 32.0 Å². The van der Waals surface area contributed by atoms with Gasteiger partial charge in [-0.15, -0.1) is 0 Å². The molecule has 0 aliphatic carbocycles. The van der Waals surface area contributed by atoms with Crippen molar-refractivity contribution in [2.75, 3.05) is 19.8 Å². The zero-order valence-corrected chi connectivity index (χ0v) is 45.6. The molecule has 0 saturated carbocycles. The van der Waals surface area contributed by atoms with E-state index in [2.05, 4.69) is 55.6 Å². The van der Waals surface area contributed by atoms with Crippen molar-refractivity contribution < 1.29 is 64.6 Å². The number of carbonyl (C=O) groups is 1. The smallest absolute Gasteiger partial charge is 0.220 e. The van der Waals surface area contributed by atoms with Gasteiger partial charge in [-0.25, -0.2) is 0 Å². The van der Waals surface area contributed by atoms with Gasteiger partial charge in [0.15, 0.2) is 12.6 Å². The van der Waals surface area contributed by atoms with Gasteiger partial charge in [-0.3, -0.25) is 4.79 Å². The van der Waals surface area contributed by atoms with Crippen LogP contribution in [0.15, 0.2) is 48.6 Å². The van der Waals surface area contributed by atoms with Gasteiger partial charge in [-0.05, 0) is 57.8 Å². The summed E-state index contributed by atoms with van der Waals surface area (Å²) in [4.78, 5) is 13.2. The minimum atomic E-state index is -1.79. The highest BCUT2D eigenvalue weighted by molar-refractivity contribution is 5.76. The van der Waals surface area contributed by atoms with Gasteiger partial charge in [0, 0.05) is 6.42 Å². The first-order valence-electron chi connectivity index (χ1n) is 29.4. The molecule has 0 aromatic carbocycles. The minimum Gasteiger partial charge on any atom is -0.394 e. The van der Waals surface area contributed by atoms with E-state index in [4.69, 9.17) is 18.9 Å². The molecule has 2 aliphatic heterocycles. The van der Waals surface area contributed by atoms with Crippen molar-refractivity contribution >= 4 is 5.91 Å². The molecule has 2 heterocycles. The molecule has 2 saturated heterocycles. The van der Waals surface area contributed by atoms with Crippen molar-refractivity contribution in [2.45, 2.75) is 299 Å². The van der Waals surface area contributed by atoms with Crippen LogP contribution in [0.3, 0.4) is 0 Å². The van der Waals surface area contributed by atoms with E-state index in [1.54, 1.807) is 6.08 Å². The third kappa shape index (κ3) is 31.1. The summed E-state index contributed by atoms with van der Waals surface area (Å²) in [5, 5.41) is 87.1. The van der Waals surface area contributed by atoms with E-state index in [0.29, 0.717) is 6.42 Å². The van der Waals surface area contributed by atoms with Gasteiger partial charge >= 0.3 is 0 Å². The average Bonchev–Trinajstić information content (AvgIpc) is 3.39. The number of aliphatic hydroxyl groups is 8. The Bertz CT molecular complexity index is 1410. The van der Waals surface area contributed by atoms with E-state index in [-0.39, 0.29) is 18.9 Å². The second-order valence-electron chi connectivity index (χ2n) is 20.8. The molecule has 14 heteroatoms. The maximum atomic E-state index is 13.2. The number of allylic oxidation sites excluding steroid dienone is 7. The molecule has 0 radical (unpaired) electrons. The maximum Gasteiger partial charge on any atom is 0.220 e. The van der Waals surface area contributed by atoms with Crippen molar-refractivity contribution in [3.05, 3.63) is 48.6 Å². The van der Waals surface area contributed by atoms with Crippen LogP contribution in [0.25, 0.3) is 0 Å². The van der Waals surface area contributed by atoms with Gasteiger partial charge in [0.25, 0.3) is 0 Å². The molecule has 14 nitrogen and oxygen atoms in total. The highest BCUT2D eigenvalue weighted by atomic mass is 16.7. The molecule has 2 aliphatic rings. The van der Waals surface area contributed by atoms with Gasteiger partial charge in [0.2, 0.25) is 5.91 Å². The molecule has 12 unspecified atom stereocenters. The maximum absolute atomic E-state index is 13.2. The van der Waals surface area contributed by atoms with Crippen molar-refractivity contribution in [2.24, 2.45) is 0 Å². The second-order valence-corrected chi connectivity index (χ2v) is 20.8. The highest BCUT2D eigenvalue weighted by Gasteiger charge is 2.51.